The van der Waals surface area contributed by atoms with Gasteiger partial charge in [-0.25, -0.2) is 0 Å². The number of nitrogens with zero attached hydrogens (tertiary/aromatic N) is 2. The van der Waals surface area contributed by atoms with Gasteiger partial charge in [-0.05, 0) is 42.3 Å². The zero-order valence-corrected chi connectivity index (χ0v) is 13.6. The molecule has 2 heterocycles. The molecule has 110 valence electrons. The first kappa shape index (κ1) is 13.6. The lowest BCUT2D eigenvalue weighted by atomic mass is 10.2. The van der Waals surface area contributed by atoms with Crippen LogP contribution >= 0.6 is 15.9 Å². The first-order valence-electron chi connectivity index (χ1n) is 7.35. The van der Waals surface area contributed by atoms with E-state index in [0.29, 0.717) is 6.54 Å². The van der Waals surface area contributed by atoms with Crippen LogP contribution in [-0.4, -0.2) is 17.0 Å². The molecule has 0 spiro atoms. The van der Waals surface area contributed by atoms with Crippen LogP contribution in [0, 0.1) is 0 Å². The summed E-state index contributed by atoms with van der Waals surface area (Å²) >= 11 is 3.48. The Balaban J connectivity index is 1.62. The molecule has 0 fully saturated rings. The number of para-hydroxylation sites is 1. The number of benzene rings is 2. The SMILES string of the molecule is O=C(Cn1ccc2cc(Br)ccc21)N1CCc2ccccc21. The summed E-state index contributed by atoms with van der Waals surface area (Å²) in [7, 11) is 0. The van der Waals surface area contributed by atoms with Crippen LogP contribution in [0.3, 0.4) is 0 Å². The Morgan fingerprint density at radius 3 is 2.91 bits per heavy atom. The van der Waals surface area contributed by atoms with Crippen LogP contribution in [0.25, 0.3) is 10.9 Å². The maximum absolute atomic E-state index is 12.7. The summed E-state index contributed by atoms with van der Waals surface area (Å²) in [6.45, 7) is 1.16. The van der Waals surface area contributed by atoms with Gasteiger partial charge in [0.15, 0.2) is 0 Å². The van der Waals surface area contributed by atoms with Gasteiger partial charge in [-0.1, -0.05) is 34.1 Å². The molecular weight excluding hydrogens is 340 g/mol. The molecule has 22 heavy (non-hydrogen) atoms. The molecule has 3 nitrogen and oxygen atoms in total. The van der Waals surface area contributed by atoms with Crippen molar-refractivity contribution in [2.24, 2.45) is 0 Å². The second-order valence-corrected chi connectivity index (χ2v) is 6.49. The fraction of sp³-hybridized carbons (Fsp3) is 0.167. The molecule has 1 aliphatic rings. The van der Waals surface area contributed by atoms with Crippen molar-refractivity contribution in [2.45, 2.75) is 13.0 Å². The summed E-state index contributed by atoms with van der Waals surface area (Å²) in [5.41, 5.74) is 3.41. The third kappa shape index (κ3) is 2.24. The number of rotatable bonds is 2. The first-order valence-corrected chi connectivity index (χ1v) is 8.14. The molecule has 0 bridgehead atoms. The minimum Gasteiger partial charge on any atom is -0.338 e. The second kappa shape index (κ2) is 5.29. The van der Waals surface area contributed by atoms with Crippen LogP contribution in [0.4, 0.5) is 5.69 Å². The van der Waals surface area contributed by atoms with Gasteiger partial charge in [-0.3, -0.25) is 4.79 Å². The normalized spacial score (nSPS) is 13.6. The van der Waals surface area contributed by atoms with Crippen molar-refractivity contribution in [1.29, 1.82) is 0 Å². The highest BCUT2D eigenvalue weighted by molar-refractivity contribution is 9.10. The topological polar surface area (TPSA) is 25.2 Å². The van der Waals surface area contributed by atoms with Crippen molar-refractivity contribution >= 4 is 38.4 Å². The van der Waals surface area contributed by atoms with Gasteiger partial charge in [0.2, 0.25) is 5.91 Å². The first-order chi connectivity index (χ1) is 10.7. The predicted octanol–water partition coefficient (Wildman–Crippen LogP) is 3.99. The minimum atomic E-state index is 0.144. The molecule has 0 N–H and O–H groups in total. The minimum absolute atomic E-state index is 0.144. The number of hydrogen-bond donors (Lipinski definition) is 0. The van der Waals surface area contributed by atoms with Crippen molar-refractivity contribution in [3.8, 4) is 0 Å². The molecule has 2 aromatic carbocycles. The van der Waals surface area contributed by atoms with Gasteiger partial charge in [0.1, 0.15) is 6.54 Å². The number of fused-ring (bicyclic) bond motifs is 2. The van der Waals surface area contributed by atoms with Crippen LogP contribution in [0.15, 0.2) is 59.2 Å². The molecule has 1 amide bonds. The molecular formula is C18H15BrN2O. The number of amides is 1. The van der Waals surface area contributed by atoms with E-state index in [1.54, 1.807) is 0 Å². The smallest absolute Gasteiger partial charge is 0.246 e. The highest BCUT2D eigenvalue weighted by Gasteiger charge is 2.24. The fourth-order valence-corrected chi connectivity index (χ4v) is 3.52. The van der Waals surface area contributed by atoms with Crippen molar-refractivity contribution in [3.05, 3.63) is 64.8 Å². The Hall–Kier alpha value is -2.07. The average molecular weight is 355 g/mol. The molecule has 0 aliphatic carbocycles. The van der Waals surface area contributed by atoms with Crippen LogP contribution in [0.5, 0.6) is 0 Å². The maximum Gasteiger partial charge on any atom is 0.246 e. The van der Waals surface area contributed by atoms with Gasteiger partial charge in [-0.15, -0.1) is 0 Å². The summed E-state index contributed by atoms with van der Waals surface area (Å²) in [6.07, 6.45) is 2.93. The molecule has 4 heteroatoms. The molecule has 0 saturated heterocycles. The van der Waals surface area contributed by atoms with Crippen molar-refractivity contribution in [3.63, 3.8) is 0 Å². The number of aromatic nitrogens is 1. The highest BCUT2D eigenvalue weighted by Crippen LogP contribution is 2.28. The number of halogens is 1. The number of carbonyl (C=O) groups is 1. The molecule has 0 radical (unpaired) electrons. The third-order valence-electron chi connectivity index (χ3n) is 4.23. The Kier molecular flexibility index (Phi) is 3.26. The van der Waals surface area contributed by atoms with Crippen molar-refractivity contribution in [2.75, 3.05) is 11.4 Å². The Labute approximate surface area is 137 Å². The Morgan fingerprint density at radius 1 is 1.14 bits per heavy atom. The van der Waals surface area contributed by atoms with Gasteiger partial charge in [0.05, 0.1) is 0 Å². The molecule has 1 aromatic heterocycles. The van der Waals surface area contributed by atoms with Crippen molar-refractivity contribution in [1.82, 2.24) is 4.57 Å². The van der Waals surface area contributed by atoms with E-state index in [1.165, 1.54) is 5.56 Å². The summed E-state index contributed by atoms with van der Waals surface area (Å²) in [5, 5.41) is 1.14. The van der Waals surface area contributed by atoms with Gasteiger partial charge < -0.3 is 9.47 Å². The third-order valence-corrected chi connectivity index (χ3v) is 4.72. The number of carbonyl (C=O) groups excluding carboxylic acids is 1. The summed E-state index contributed by atoms with van der Waals surface area (Å²) in [4.78, 5) is 14.6. The van der Waals surface area contributed by atoms with E-state index in [2.05, 4.69) is 28.1 Å². The largest absolute Gasteiger partial charge is 0.338 e. The molecule has 1 aliphatic heterocycles. The predicted molar refractivity (Wildman–Crippen MR) is 92.1 cm³/mol. The second-order valence-electron chi connectivity index (χ2n) is 5.57. The van der Waals surface area contributed by atoms with E-state index < -0.39 is 0 Å². The van der Waals surface area contributed by atoms with E-state index in [0.717, 1.165) is 34.0 Å². The Morgan fingerprint density at radius 2 is 2.00 bits per heavy atom. The van der Waals surface area contributed by atoms with E-state index in [4.69, 9.17) is 0 Å². The summed E-state index contributed by atoms with van der Waals surface area (Å²) in [6, 6.07) is 16.3. The average Bonchev–Trinajstić information content (AvgIpc) is 3.11. The van der Waals surface area contributed by atoms with E-state index >= 15 is 0 Å². The lowest BCUT2D eigenvalue weighted by molar-refractivity contribution is -0.119. The highest BCUT2D eigenvalue weighted by atomic mass is 79.9. The van der Waals surface area contributed by atoms with Gasteiger partial charge >= 0.3 is 0 Å². The van der Waals surface area contributed by atoms with Crippen LogP contribution in [0.1, 0.15) is 5.56 Å². The lowest BCUT2D eigenvalue weighted by Crippen LogP contribution is -2.32. The maximum atomic E-state index is 12.7. The number of anilines is 1. The van der Waals surface area contributed by atoms with Gasteiger partial charge in [0.25, 0.3) is 0 Å². The monoisotopic (exact) mass is 354 g/mol. The summed E-state index contributed by atoms with van der Waals surface area (Å²) in [5.74, 6) is 0.144. The standard InChI is InChI=1S/C18H15BrN2O/c19-15-5-6-16-14(11-15)7-9-20(16)12-18(22)21-10-8-13-3-1-2-4-17(13)21/h1-7,9,11H,8,10,12H2. The molecule has 0 atom stereocenters. The quantitative estimate of drug-likeness (QED) is 0.682. The zero-order valence-electron chi connectivity index (χ0n) is 12.0. The Bertz CT molecular complexity index is 868. The van der Waals surface area contributed by atoms with E-state index in [9.17, 15) is 4.79 Å². The van der Waals surface area contributed by atoms with E-state index in [-0.39, 0.29) is 5.91 Å². The number of hydrogen-bond acceptors (Lipinski definition) is 1. The summed E-state index contributed by atoms with van der Waals surface area (Å²) < 4.78 is 3.07. The molecule has 4 rings (SSSR count). The van der Waals surface area contributed by atoms with Crippen LogP contribution < -0.4 is 4.90 Å². The zero-order chi connectivity index (χ0) is 15.1. The van der Waals surface area contributed by atoms with Crippen LogP contribution in [0.2, 0.25) is 0 Å². The fourth-order valence-electron chi connectivity index (χ4n) is 3.14. The molecule has 3 aromatic rings. The van der Waals surface area contributed by atoms with Gasteiger partial charge in [0, 0.05) is 33.8 Å². The van der Waals surface area contributed by atoms with Crippen LogP contribution in [-0.2, 0) is 17.8 Å². The van der Waals surface area contributed by atoms with Gasteiger partial charge in [-0.2, -0.15) is 0 Å². The lowest BCUT2D eigenvalue weighted by Gasteiger charge is -2.18. The van der Waals surface area contributed by atoms with Crippen molar-refractivity contribution < 1.29 is 4.79 Å². The van der Waals surface area contributed by atoms with E-state index in [1.807, 2.05) is 52.1 Å². The molecule has 0 unspecified atom stereocenters. The molecule has 0 saturated carbocycles.